The molecule has 104 valence electrons. The van der Waals surface area contributed by atoms with E-state index in [9.17, 15) is 4.79 Å². The zero-order valence-electron chi connectivity index (χ0n) is 12.1. The van der Waals surface area contributed by atoms with Crippen LogP contribution in [0, 0.1) is 23.7 Å². The monoisotopic (exact) mass is 260 g/mol. The largest absolute Gasteiger partial charge is 0.466 e. The van der Waals surface area contributed by atoms with E-state index in [1.165, 1.54) is 26.2 Å². The lowest BCUT2D eigenvalue weighted by Gasteiger charge is -1.98. The van der Waals surface area contributed by atoms with E-state index in [0.29, 0.717) is 6.61 Å². The molecule has 0 fully saturated rings. The number of ether oxygens (including phenoxy) is 1. The molecule has 0 spiro atoms. The summed E-state index contributed by atoms with van der Waals surface area (Å²) in [6.45, 7) is 4.11. The Morgan fingerprint density at radius 1 is 1.00 bits per heavy atom. The van der Waals surface area contributed by atoms with Gasteiger partial charge >= 0.3 is 5.97 Å². The second-order valence-corrected chi connectivity index (χ2v) is 4.23. The Labute approximate surface area is 117 Å². The number of rotatable bonds is 7. The maximum Gasteiger partial charge on any atom is 0.302 e. The summed E-state index contributed by atoms with van der Waals surface area (Å²) in [5.41, 5.74) is 0. The van der Waals surface area contributed by atoms with Crippen molar-refractivity contribution in [3.8, 4) is 23.7 Å². The summed E-state index contributed by atoms with van der Waals surface area (Å²) >= 11 is 0. The molecule has 0 heterocycles. The predicted octanol–water partition coefficient (Wildman–Crippen LogP) is 3.86. The quantitative estimate of drug-likeness (QED) is 0.395. The molecular formula is C17H24O2. The summed E-state index contributed by atoms with van der Waals surface area (Å²) in [7, 11) is 0. The van der Waals surface area contributed by atoms with Gasteiger partial charge in [-0.25, -0.2) is 0 Å². The van der Waals surface area contributed by atoms with Crippen LogP contribution in [0.25, 0.3) is 0 Å². The number of carbonyl (C=O) groups excluding carboxylic acids is 1. The van der Waals surface area contributed by atoms with Gasteiger partial charge in [-0.05, 0) is 31.4 Å². The number of hydrogen-bond donors (Lipinski definition) is 0. The molecule has 19 heavy (non-hydrogen) atoms. The van der Waals surface area contributed by atoms with Gasteiger partial charge in [0.05, 0.1) is 6.61 Å². The molecule has 0 unspecified atom stereocenters. The van der Waals surface area contributed by atoms with Crippen molar-refractivity contribution in [3.63, 3.8) is 0 Å². The van der Waals surface area contributed by atoms with Gasteiger partial charge in [-0.3, -0.25) is 4.79 Å². The third-order valence-electron chi connectivity index (χ3n) is 2.36. The SMILES string of the molecule is CCCCCC#C/C=C/C#CCCCCOC(C)=O. The van der Waals surface area contributed by atoms with Crippen molar-refractivity contribution in [2.24, 2.45) is 0 Å². The molecule has 0 aliphatic rings. The number of hydrogen-bond acceptors (Lipinski definition) is 2. The molecule has 0 atom stereocenters. The van der Waals surface area contributed by atoms with Gasteiger partial charge in [-0.2, -0.15) is 0 Å². The first-order valence-corrected chi connectivity index (χ1v) is 7.02. The molecule has 0 aliphatic heterocycles. The van der Waals surface area contributed by atoms with Crippen LogP contribution in [0.2, 0.25) is 0 Å². The molecule has 0 radical (unpaired) electrons. The van der Waals surface area contributed by atoms with Crippen LogP contribution in [0.4, 0.5) is 0 Å². The van der Waals surface area contributed by atoms with Crippen molar-refractivity contribution in [2.75, 3.05) is 6.61 Å². The molecule has 0 aromatic carbocycles. The molecule has 2 heteroatoms. The highest BCUT2D eigenvalue weighted by Crippen LogP contribution is 1.96. The lowest BCUT2D eigenvalue weighted by atomic mass is 10.2. The van der Waals surface area contributed by atoms with Gasteiger partial charge in [-0.15, -0.1) is 0 Å². The summed E-state index contributed by atoms with van der Waals surface area (Å²) in [4.78, 5) is 10.5. The fraction of sp³-hybridized carbons (Fsp3) is 0.588. The van der Waals surface area contributed by atoms with Crippen molar-refractivity contribution in [1.82, 2.24) is 0 Å². The van der Waals surface area contributed by atoms with E-state index in [0.717, 1.165) is 25.7 Å². The normalized spacial score (nSPS) is 9.37. The third-order valence-corrected chi connectivity index (χ3v) is 2.36. The number of allylic oxidation sites excluding steroid dienone is 2. The lowest BCUT2D eigenvalue weighted by Crippen LogP contribution is -1.99. The number of carbonyl (C=O) groups is 1. The molecule has 2 nitrogen and oxygen atoms in total. The topological polar surface area (TPSA) is 26.3 Å². The Hall–Kier alpha value is -1.67. The Morgan fingerprint density at radius 3 is 2.11 bits per heavy atom. The van der Waals surface area contributed by atoms with Crippen LogP contribution in [0.3, 0.4) is 0 Å². The lowest BCUT2D eigenvalue weighted by molar-refractivity contribution is -0.141. The van der Waals surface area contributed by atoms with E-state index in [1.807, 2.05) is 0 Å². The Morgan fingerprint density at radius 2 is 1.58 bits per heavy atom. The highest BCUT2D eigenvalue weighted by Gasteiger charge is 1.90. The van der Waals surface area contributed by atoms with Crippen LogP contribution in [0.15, 0.2) is 12.2 Å². The maximum absolute atomic E-state index is 10.5. The van der Waals surface area contributed by atoms with Gasteiger partial charge in [0.1, 0.15) is 0 Å². The van der Waals surface area contributed by atoms with Crippen molar-refractivity contribution in [1.29, 1.82) is 0 Å². The average Bonchev–Trinajstić information content (AvgIpc) is 2.39. The highest BCUT2D eigenvalue weighted by molar-refractivity contribution is 5.65. The standard InChI is InChI=1S/C17H24O2/c1-3-4-5-6-7-8-9-10-11-12-13-14-15-16-19-17(2)18/h9-10H,3-6,13-16H2,1-2H3/b10-9+. The van der Waals surface area contributed by atoms with Crippen molar-refractivity contribution in [3.05, 3.63) is 12.2 Å². The van der Waals surface area contributed by atoms with E-state index in [2.05, 4.69) is 30.6 Å². The van der Waals surface area contributed by atoms with Gasteiger partial charge in [0.2, 0.25) is 0 Å². The average molecular weight is 260 g/mol. The van der Waals surface area contributed by atoms with Crippen LogP contribution < -0.4 is 0 Å². The second kappa shape index (κ2) is 14.4. The molecule has 0 bridgehead atoms. The summed E-state index contributed by atoms with van der Waals surface area (Å²) in [6.07, 6.45) is 10.9. The van der Waals surface area contributed by atoms with Crippen LogP contribution in [0.5, 0.6) is 0 Å². The van der Waals surface area contributed by atoms with Gasteiger partial charge in [-0.1, -0.05) is 43.4 Å². The van der Waals surface area contributed by atoms with Crippen LogP contribution in [0.1, 0.15) is 58.8 Å². The van der Waals surface area contributed by atoms with Crippen molar-refractivity contribution < 1.29 is 9.53 Å². The van der Waals surface area contributed by atoms with E-state index >= 15 is 0 Å². The van der Waals surface area contributed by atoms with Gasteiger partial charge < -0.3 is 4.74 Å². The van der Waals surface area contributed by atoms with E-state index in [-0.39, 0.29) is 5.97 Å². The molecule has 0 aliphatic carbocycles. The summed E-state index contributed by atoms with van der Waals surface area (Å²) in [5.74, 6) is 11.8. The molecule has 0 saturated carbocycles. The fourth-order valence-electron chi connectivity index (χ4n) is 1.34. The number of unbranched alkanes of at least 4 members (excludes halogenated alkanes) is 5. The van der Waals surface area contributed by atoms with Crippen molar-refractivity contribution in [2.45, 2.75) is 58.8 Å². The van der Waals surface area contributed by atoms with Crippen LogP contribution in [-0.2, 0) is 9.53 Å². The zero-order valence-corrected chi connectivity index (χ0v) is 12.1. The summed E-state index contributed by atoms with van der Waals surface area (Å²) in [5, 5.41) is 0. The summed E-state index contributed by atoms with van der Waals surface area (Å²) < 4.78 is 4.82. The van der Waals surface area contributed by atoms with E-state index < -0.39 is 0 Å². The first-order chi connectivity index (χ1) is 9.27. The molecular weight excluding hydrogens is 236 g/mol. The van der Waals surface area contributed by atoms with Gasteiger partial charge in [0.15, 0.2) is 0 Å². The fourth-order valence-corrected chi connectivity index (χ4v) is 1.34. The Bertz CT molecular complexity index is 372. The number of esters is 1. The minimum Gasteiger partial charge on any atom is -0.466 e. The third kappa shape index (κ3) is 16.3. The molecule has 0 N–H and O–H groups in total. The summed E-state index contributed by atoms with van der Waals surface area (Å²) in [6, 6.07) is 0. The highest BCUT2D eigenvalue weighted by atomic mass is 16.5. The minimum absolute atomic E-state index is 0.216. The Kier molecular flexibility index (Phi) is 13.1. The van der Waals surface area contributed by atoms with Crippen molar-refractivity contribution >= 4 is 5.97 Å². The molecule has 0 saturated heterocycles. The maximum atomic E-state index is 10.5. The zero-order chi connectivity index (χ0) is 14.2. The van der Waals surface area contributed by atoms with Gasteiger partial charge in [0.25, 0.3) is 0 Å². The smallest absolute Gasteiger partial charge is 0.302 e. The van der Waals surface area contributed by atoms with Crippen LogP contribution >= 0.6 is 0 Å². The Balaban J connectivity index is 3.45. The second-order valence-electron chi connectivity index (χ2n) is 4.23. The predicted molar refractivity (Wildman–Crippen MR) is 79.3 cm³/mol. The van der Waals surface area contributed by atoms with E-state index in [4.69, 9.17) is 4.74 Å². The molecule has 0 aromatic heterocycles. The molecule has 0 rings (SSSR count). The first kappa shape index (κ1) is 17.3. The van der Waals surface area contributed by atoms with E-state index in [1.54, 1.807) is 12.2 Å². The first-order valence-electron chi connectivity index (χ1n) is 7.02. The van der Waals surface area contributed by atoms with Crippen LogP contribution in [-0.4, -0.2) is 12.6 Å². The van der Waals surface area contributed by atoms with Gasteiger partial charge in [0, 0.05) is 19.8 Å². The molecule has 0 amide bonds. The minimum atomic E-state index is -0.216. The molecule has 0 aromatic rings.